The van der Waals surface area contributed by atoms with Crippen molar-refractivity contribution in [3.63, 3.8) is 0 Å². The Labute approximate surface area is 185 Å². The molecule has 0 saturated carbocycles. The summed E-state index contributed by atoms with van der Waals surface area (Å²) in [4.78, 5) is 29.0. The molecule has 2 aliphatic rings. The number of piperidine rings is 1. The van der Waals surface area contributed by atoms with Crippen LogP contribution in [0.1, 0.15) is 47.4 Å². The molecule has 30 heavy (non-hydrogen) atoms. The summed E-state index contributed by atoms with van der Waals surface area (Å²) < 4.78 is 6.18. The van der Waals surface area contributed by atoms with Gasteiger partial charge in [-0.25, -0.2) is 4.79 Å². The molecule has 4 rings (SSSR count). The van der Waals surface area contributed by atoms with Gasteiger partial charge in [-0.15, -0.1) is 0 Å². The number of rotatable bonds is 4. The third-order valence-corrected chi connectivity index (χ3v) is 6.73. The van der Waals surface area contributed by atoms with Gasteiger partial charge in [0, 0.05) is 40.4 Å². The Morgan fingerprint density at radius 1 is 1.20 bits per heavy atom. The van der Waals surface area contributed by atoms with E-state index in [9.17, 15) is 9.59 Å². The van der Waals surface area contributed by atoms with Gasteiger partial charge in [-0.3, -0.25) is 4.79 Å². The molecule has 0 radical (unpaired) electrons. The third-order valence-electron chi connectivity index (χ3n) is 5.84. The lowest BCUT2D eigenvalue weighted by Crippen LogP contribution is -2.49. The molecule has 1 saturated heterocycles. The van der Waals surface area contributed by atoms with Crippen molar-refractivity contribution in [3.8, 4) is 0 Å². The van der Waals surface area contributed by atoms with Crippen LogP contribution in [0.15, 0.2) is 46.9 Å². The van der Waals surface area contributed by atoms with Crippen LogP contribution in [-0.2, 0) is 4.74 Å². The number of nitrogens with zero attached hydrogens (tertiary/aromatic N) is 2. The van der Waals surface area contributed by atoms with Gasteiger partial charge < -0.3 is 19.9 Å². The van der Waals surface area contributed by atoms with E-state index in [1.807, 2.05) is 55.1 Å². The first-order chi connectivity index (χ1) is 14.5. The topological polar surface area (TPSA) is 61.9 Å². The maximum Gasteiger partial charge on any atom is 0.409 e. The molecule has 0 aromatic heterocycles. The molecule has 7 heteroatoms. The summed E-state index contributed by atoms with van der Waals surface area (Å²) in [7, 11) is 0. The number of carbonyl (C=O) groups is 2. The maximum absolute atomic E-state index is 13.3. The number of benzene rings is 2. The van der Waals surface area contributed by atoms with E-state index in [2.05, 4.69) is 27.3 Å². The molecular formula is C23H26BrN3O3. The molecule has 0 aliphatic carbocycles. The Hall–Kier alpha value is -2.54. The normalized spacial score (nSPS) is 19.0. The molecule has 0 spiro atoms. The molecule has 1 fully saturated rings. The third kappa shape index (κ3) is 3.90. The highest BCUT2D eigenvalue weighted by atomic mass is 79.9. The van der Waals surface area contributed by atoms with Crippen LogP contribution in [0.2, 0.25) is 0 Å². The first kappa shape index (κ1) is 20.7. The van der Waals surface area contributed by atoms with Gasteiger partial charge in [0.05, 0.1) is 6.61 Å². The average Bonchev–Trinajstić information content (AvgIpc) is 3.03. The summed E-state index contributed by atoms with van der Waals surface area (Å²) in [6.45, 7) is 5.41. The minimum Gasteiger partial charge on any atom is -0.450 e. The standard InChI is InChI=1S/C23H26BrN3O3/c1-3-30-23(29)26-12-10-17(11-13-26)27-21(18-6-4-5-7-19(18)22(27)28)25-16-8-9-20(24)15(2)14-16/h4-9,14,17,21,25H,3,10-13H2,1-2H3/t21-/m0/s1. The lowest BCUT2D eigenvalue weighted by molar-refractivity contribution is 0.0496. The van der Waals surface area contributed by atoms with Crippen molar-refractivity contribution in [1.82, 2.24) is 9.80 Å². The van der Waals surface area contributed by atoms with Gasteiger partial charge in [-0.2, -0.15) is 0 Å². The Morgan fingerprint density at radius 3 is 2.63 bits per heavy atom. The predicted octanol–water partition coefficient (Wildman–Crippen LogP) is 4.94. The van der Waals surface area contributed by atoms with Crippen molar-refractivity contribution in [3.05, 3.63) is 63.6 Å². The summed E-state index contributed by atoms with van der Waals surface area (Å²) >= 11 is 3.55. The van der Waals surface area contributed by atoms with Crippen LogP contribution in [0.25, 0.3) is 0 Å². The number of anilines is 1. The largest absolute Gasteiger partial charge is 0.450 e. The molecule has 2 heterocycles. The van der Waals surface area contributed by atoms with E-state index in [1.54, 1.807) is 4.90 Å². The Morgan fingerprint density at radius 2 is 1.93 bits per heavy atom. The molecule has 0 unspecified atom stereocenters. The fourth-order valence-electron chi connectivity index (χ4n) is 4.29. The average molecular weight is 472 g/mol. The van der Waals surface area contributed by atoms with E-state index in [0.29, 0.717) is 19.7 Å². The monoisotopic (exact) mass is 471 g/mol. The number of ether oxygens (including phenoxy) is 1. The number of hydrogen-bond donors (Lipinski definition) is 1. The number of nitrogens with one attached hydrogen (secondary N) is 1. The number of aryl methyl sites for hydroxylation is 1. The first-order valence-corrected chi connectivity index (χ1v) is 11.1. The van der Waals surface area contributed by atoms with Gasteiger partial charge in [0.25, 0.3) is 5.91 Å². The maximum atomic E-state index is 13.3. The van der Waals surface area contributed by atoms with Crippen LogP contribution in [0.5, 0.6) is 0 Å². The van der Waals surface area contributed by atoms with Crippen molar-refractivity contribution in [2.24, 2.45) is 0 Å². The Kier molecular flexibility index (Phi) is 5.99. The van der Waals surface area contributed by atoms with Crippen LogP contribution in [0.3, 0.4) is 0 Å². The van der Waals surface area contributed by atoms with Crippen molar-refractivity contribution >= 4 is 33.6 Å². The number of amides is 2. The van der Waals surface area contributed by atoms with Crippen molar-refractivity contribution in [2.75, 3.05) is 25.0 Å². The molecule has 2 aromatic rings. The van der Waals surface area contributed by atoms with Gasteiger partial charge >= 0.3 is 6.09 Å². The minimum atomic E-state index is -0.271. The van der Waals surface area contributed by atoms with E-state index < -0.39 is 0 Å². The van der Waals surface area contributed by atoms with Gasteiger partial charge in [0.15, 0.2) is 0 Å². The molecule has 2 aliphatic heterocycles. The van der Waals surface area contributed by atoms with Crippen LogP contribution < -0.4 is 5.32 Å². The molecule has 158 valence electrons. The van der Waals surface area contributed by atoms with Crippen molar-refractivity contribution in [2.45, 2.75) is 38.9 Å². The first-order valence-electron chi connectivity index (χ1n) is 10.4. The van der Waals surface area contributed by atoms with E-state index >= 15 is 0 Å². The summed E-state index contributed by atoms with van der Waals surface area (Å²) in [5.41, 5.74) is 3.85. The lowest BCUT2D eigenvalue weighted by atomic mass is 10.0. The number of carbonyl (C=O) groups excluding carboxylic acids is 2. The van der Waals surface area contributed by atoms with E-state index in [1.165, 1.54) is 0 Å². The quantitative estimate of drug-likeness (QED) is 0.685. The van der Waals surface area contributed by atoms with Gasteiger partial charge in [-0.05, 0) is 56.5 Å². The highest BCUT2D eigenvalue weighted by Gasteiger charge is 2.42. The van der Waals surface area contributed by atoms with E-state index in [4.69, 9.17) is 4.74 Å². The summed E-state index contributed by atoms with van der Waals surface area (Å²) in [6.07, 6.45) is 0.965. The Bertz CT molecular complexity index is 956. The summed E-state index contributed by atoms with van der Waals surface area (Å²) in [5, 5.41) is 3.58. The van der Waals surface area contributed by atoms with Gasteiger partial charge in [0.2, 0.25) is 0 Å². The second kappa shape index (κ2) is 8.68. The Balaban J connectivity index is 1.57. The zero-order chi connectivity index (χ0) is 21.3. The number of fused-ring (bicyclic) bond motifs is 1. The molecule has 2 aromatic carbocycles. The van der Waals surface area contributed by atoms with Gasteiger partial charge in [-0.1, -0.05) is 34.1 Å². The number of hydrogen-bond acceptors (Lipinski definition) is 4. The molecule has 1 N–H and O–H groups in total. The SMILES string of the molecule is CCOC(=O)N1CCC(N2C(=O)c3ccccc3[C@H]2Nc2ccc(Br)c(C)c2)CC1. The second-order valence-corrected chi connectivity index (χ2v) is 8.58. The highest BCUT2D eigenvalue weighted by molar-refractivity contribution is 9.10. The van der Waals surface area contributed by atoms with Crippen LogP contribution in [0.4, 0.5) is 10.5 Å². The fraction of sp³-hybridized carbons (Fsp3) is 0.391. The number of likely N-dealkylation sites (tertiary alicyclic amines) is 1. The predicted molar refractivity (Wildman–Crippen MR) is 119 cm³/mol. The van der Waals surface area contributed by atoms with E-state index in [0.717, 1.165) is 39.7 Å². The number of halogens is 1. The molecular weight excluding hydrogens is 446 g/mol. The van der Waals surface area contributed by atoms with E-state index in [-0.39, 0.29) is 24.2 Å². The fourth-order valence-corrected chi connectivity index (χ4v) is 4.54. The summed E-state index contributed by atoms with van der Waals surface area (Å²) in [6, 6.07) is 14.0. The lowest BCUT2D eigenvalue weighted by Gasteiger charge is -2.39. The van der Waals surface area contributed by atoms with Crippen molar-refractivity contribution in [1.29, 1.82) is 0 Å². The van der Waals surface area contributed by atoms with Crippen LogP contribution >= 0.6 is 15.9 Å². The zero-order valence-corrected chi connectivity index (χ0v) is 18.8. The second-order valence-electron chi connectivity index (χ2n) is 7.73. The molecule has 6 nitrogen and oxygen atoms in total. The van der Waals surface area contributed by atoms with Crippen LogP contribution in [-0.4, -0.2) is 47.5 Å². The molecule has 0 bridgehead atoms. The van der Waals surface area contributed by atoms with Crippen LogP contribution in [0, 0.1) is 6.92 Å². The van der Waals surface area contributed by atoms with Crippen molar-refractivity contribution < 1.29 is 14.3 Å². The molecule has 2 amide bonds. The smallest absolute Gasteiger partial charge is 0.409 e. The molecule has 1 atom stereocenters. The zero-order valence-electron chi connectivity index (χ0n) is 17.2. The summed E-state index contributed by atoms with van der Waals surface area (Å²) in [5.74, 6) is 0.0477. The highest BCUT2D eigenvalue weighted by Crippen LogP contribution is 2.38. The van der Waals surface area contributed by atoms with Gasteiger partial charge in [0.1, 0.15) is 6.17 Å². The minimum absolute atomic E-state index is 0.0477.